The maximum Gasteiger partial charge on any atom is 0.251 e. The molecule has 1 N–H and O–H groups in total. The minimum Gasteiger partial charge on any atom is -0.349 e. The van der Waals surface area contributed by atoms with E-state index in [0.717, 1.165) is 31.2 Å². The molecule has 0 bridgehead atoms. The van der Waals surface area contributed by atoms with Crippen LogP contribution in [-0.2, 0) is 0 Å². The number of rotatable bonds is 4. The molecule has 0 spiro atoms. The molecular weight excluding hydrogens is 254 g/mol. The smallest absolute Gasteiger partial charge is 0.251 e. The first-order chi connectivity index (χ1) is 9.79. The summed E-state index contributed by atoms with van der Waals surface area (Å²) in [6.07, 6.45) is 4.43. The van der Waals surface area contributed by atoms with Crippen LogP contribution in [-0.4, -0.2) is 22.1 Å². The van der Waals surface area contributed by atoms with Gasteiger partial charge in [-0.05, 0) is 37.8 Å². The van der Waals surface area contributed by atoms with Crippen LogP contribution in [0.5, 0.6) is 0 Å². The zero-order valence-corrected chi connectivity index (χ0v) is 11.0. The Labute approximate surface area is 116 Å². The summed E-state index contributed by atoms with van der Waals surface area (Å²) in [5.74, 6) is 1.69. The Kier molecular flexibility index (Phi) is 2.58. The van der Waals surface area contributed by atoms with Gasteiger partial charge in [-0.2, -0.15) is 4.98 Å². The van der Waals surface area contributed by atoms with Gasteiger partial charge in [-0.15, -0.1) is 0 Å². The maximum atomic E-state index is 12.0. The second-order valence-corrected chi connectivity index (χ2v) is 5.56. The van der Waals surface area contributed by atoms with Gasteiger partial charge in [0.1, 0.15) is 0 Å². The summed E-state index contributed by atoms with van der Waals surface area (Å²) < 4.78 is 5.26. The average molecular weight is 269 g/mol. The third-order valence-electron chi connectivity index (χ3n) is 3.66. The second kappa shape index (κ2) is 4.44. The molecule has 102 valence electrons. The Morgan fingerprint density at radius 2 is 2.10 bits per heavy atom. The highest BCUT2D eigenvalue weighted by molar-refractivity contribution is 5.95. The van der Waals surface area contributed by atoms with Gasteiger partial charge < -0.3 is 9.84 Å². The molecule has 1 heterocycles. The third kappa shape index (κ3) is 2.31. The van der Waals surface area contributed by atoms with Gasteiger partial charge in [0, 0.05) is 23.1 Å². The number of hydrogen-bond acceptors (Lipinski definition) is 4. The van der Waals surface area contributed by atoms with Crippen molar-refractivity contribution in [2.45, 2.75) is 37.6 Å². The molecule has 2 aliphatic rings. The lowest BCUT2D eigenvalue weighted by Crippen LogP contribution is -2.25. The Balaban J connectivity index is 1.58. The van der Waals surface area contributed by atoms with Crippen LogP contribution in [0.4, 0.5) is 0 Å². The van der Waals surface area contributed by atoms with Gasteiger partial charge in [-0.1, -0.05) is 17.3 Å². The van der Waals surface area contributed by atoms with Gasteiger partial charge in [-0.25, -0.2) is 0 Å². The number of nitrogens with one attached hydrogen (secondary N) is 1. The van der Waals surface area contributed by atoms with Crippen LogP contribution in [0.25, 0.3) is 11.4 Å². The number of benzene rings is 1. The van der Waals surface area contributed by atoms with E-state index in [0.29, 0.717) is 29.2 Å². The van der Waals surface area contributed by atoms with Crippen LogP contribution in [0.2, 0.25) is 0 Å². The zero-order chi connectivity index (χ0) is 13.5. The van der Waals surface area contributed by atoms with Crippen LogP contribution in [0.15, 0.2) is 28.8 Å². The van der Waals surface area contributed by atoms with Crippen molar-refractivity contribution < 1.29 is 9.32 Å². The predicted octanol–water partition coefficient (Wildman–Crippen LogP) is 2.51. The van der Waals surface area contributed by atoms with E-state index in [1.54, 1.807) is 0 Å². The second-order valence-electron chi connectivity index (χ2n) is 5.56. The minimum atomic E-state index is -0.0275. The number of hydrogen-bond donors (Lipinski definition) is 1. The summed E-state index contributed by atoms with van der Waals surface area (Å²) >= 11 is 0. The maximum absolute atomic E-state index is 12.0. The molecule has 2 aromatic rings. The molecule has 0 radical (unpaired) electrons. The predicted molar refractivity (Wildman–Crippen MR) is 72.2 cm³/mol. The average Bonchev–Trinajstić information content (AvgIpc) is 3.40. The summed E-state index contributed by atoms with van der Waals surface area (Å²) in [5, 5.41) is 6.98. The van der Waals surface area contributed by atoms with E-state index in [1.165, 1.54) is 0 Å². The Morgan fingerprint density at radius 1 is 1.25 bits per heavy atom. The van der Waals surface area contributed by atoms with Gasteiger partial charge in [0.05, 0.1) is 0 Å². The highest BCUT2D eigenvalue weighted by atomic mass is 16.5. The van der Waals surface area contributed by atoms with Crippen molar-refractivity contribution in [1.29, 1.82) is 0 Å². The first kappa shape index (κ1) is 11.6. The molecule has 20 heavy (non-hydrogen) atoms. The van der Waals surface area contributed by atoms with E-state index in [1.807, 2.05) is 24.3 Å². The van der Waals surface area contributed by atoms with Crippen molar-refractivity contribution in [2.24, 2.45) is 0 Å². The van der Waals surface area contributed by atoms with E-state index in [2.05, 4.69) is 15.5 Å². The number of nitrogens with zero attached hydrogens (tertiary/aromatic N) is 2. The molecule has 0 atom stereocenters. The lowest BCUT2D eigenvalue weighted by Gasteiger charge is -2.03. The van der Waals surface area contributed by atoms with Crippen molar-refractivity contribution in [3.63, 3.8) is 0 Å². The largest absolute Gasteiger partial charge is 0.349 e. The van der Waals surface area contributed by atoms with E-state index in [-0.39, 0.29) is 5.91 Å². The quantitative estimate of drug-likeness (QED) is 0.926. The fraction of sp³-hybridized carbons (Fsp3) is 0.400. The lowest BCUT2D eigenvalue weighted by molar-refractivity contribution is 0.0951. The molecule has 5 nitrogen and oxygen atoms in total. The number of carbonyl (C=O) groups excluding carboxylic acids is 1. The van der Waals surface area contributed by atoms with Crippen molar-refractivity contribution in [2.75, 3.05) is 0 Å². The molecule has 4 rings (SSSR count). The normalized spacial score (nSPS) is 18.0. The van der Waals surface area contributed by atoms with Crippen LogP contribution in [0.1, 0.15) is 47.8 Å². The van der Waals surface area contributed by atoms with Crippen LogP contribution >= 0.6 is 0 Å². The standard InChI is InChI=1S/C15H15N3O2/c19-14(16-12-6-7-12)11-3-1-2-10(8-11)13-17-15(20-18-13)9-4-5-9/h1-3,8-9,12H,4-7H2,(H,16,19). The number of aromatic nitrogens is 2. The van der Waals surface area contributed by atoms with E-state index < -0.39 is 0 Å². The first-order valence-electron chi connectivity index (χ1n) is 7.04. The Hall–Kier alpha value is -2.17. The van der Waals surface area contributed by atoms with Gasteiger partial charge in [-0.3, -0.25) is 4.79 Å². The number of amides is 1. The van der Waals surface area contributed by atoms with Crippen molar-refractivity contribution in [1.82, 2.24) is 15.5 Å². The van der Waals surface area contributed by atoms with E-state index in [9.17, 15) is 4.79 Å². The third-order valence-corrected chi connectivity index (χ3v) is 3.66. The van der Waals surface area contributed by atoms with Crippen molar-refractivity contribution in [3.05, 3.63) is 35.7 Å². The molecule has 1 amide bonds. The molecule has 0 saturated heterocycles. The molecule has 5 heteroatoms. The van der Waals surface area contributed by atoms with E-state index >= 15 is 0 Å². The molecule has 2 aliphatic carbocycles. The molecule has 1 aromatic heterocycles. The topological polar surface area (TPSA) is 68.0 Å². The summed E-state index contributed by atoms with van der Waals surface area (Å²) in [7, 11) is 0. The highest BCUT2D eigenvalue weighted by Crippen LogP contribution is 2.39. The Morgan fingerprint density at radius 3 is 2.85 bits per heavy atom. The first-order valence-corrected chi connectivity index (χ1v) is 7.04. The van der Waals surface area contributed by atoms with Crippen LogP contribution in [0.3, 0.4) is 0 Å². The van der Waals surface area contributed by atoms with Gasteiger partial charge in [0.2, 0.25) is 11.7 Å². The highest BCUT2D eigenvalue weighted by Gasteiger charge is 2.30. The molecule has 1 aromatic carbocycles. The van der Waals surface area contributed by atoms with Crippen LogP contribution < -0.4 is 5.32 Å². The summed E-state index contributed by atoms with van der Waals surface area (Å²) in [4.78, 5) is 16.4. The fourth-order valence-corrected chi connectivity index (χ4v) is 2.14. The van der Waals surface area contributed by atoms with Gasteiger partial charge in [0.15, 0.2) is 0 Å². The van der Waals surface area contributed by atoms with Crippen LogP contribution in [0, 0.1) is 0 Å². The SMILES string of the molecule is O=C(NC1CC1)c1cccc(-c2noc(C3CC3)n2)c1. The molecule has 2 fully saturated rings. The van der Waals surface area contributed by atoms with Crippen molar-refractivity contribution >= 4 is 5.91 Å². The van der Waals surface area contributed by atoms with E-state index in [4.69, 9.17) is 4.52 Å². The summed E-state index contributed by atoms with van der Waals surface area (Å²) in [5.41, 5.74) is 1.47. The van der Waals surface area contributed by atoms with Crippen molar-refractivity contribution in [3.8, 4) is 11.4 Å². The minimum absolute atomic E-state index is 0.0275. The number of carbonyl (C=O) groups is 1. The summed E-state index contributed by atoms with van der Waals surface area (Å²) in [6, 6.07) is 7.74. The molecule has 2 saturated carbocycles. The van der Waals surface area contributed by atoms with Gasteiger partial charge >= 0.3 is 0 Å². The molecular formula is C15H15N3O2. The monoisotopic (exact) mass is 269 g/mol. The molecule has 0 aliphatic heterocycles. The summed E-state index contributed by atoms with van der Waals surface area (Å²) in [6.45, 7) is 0. The van der Waals surface area contributed by atoms with Gasteiger partial charge in [0.25, 0.3) is 5.91 Å². The Bertz CT molecular complexity index is 657. The zero-order valence-electron chi connectivity index (χ0n) is 11.0. The fourth-order valence-electron chi connectivity index (χ4n) is 2.14. The molecule has 0 unspecified atom stereocenters. The lowest BCUT2D eigenvalue weighted by atomic mass is 10.1.